The maximum atomic E-state index is 10.1. The second kappa shape index (κ2) is 6.41. The molecule has 132 valence electrons. The van der Waals surface area contributed by atoms with Gasteiger partial charge in [0.05, 0.1) is 18.9 Å². The predicted molar refractivity (Wildman–Crippen MR) is 93.2 cm³/mol. The molecule has 4 heterocycles. The highest BCUT2D eigenvalue weighted by Gasteiger charge is 2.30. The zero-order valence-corrected chi connectivity index (χ0v) is 14.1. The van der Waals surface area contributed by atoms with Crippen LogP contribution in [0, 0.1) is 0 Å². The fourth-order valence-corrected chi connectivity index (χ4v) is 3.23. The normalized spacial score (nSPS) is 18.3. The topological polar surface area (TPSA) is 114 Å². The van der Waals surface area contributed by atoms with E-state index in [9.17, 15) is 5.11 Å². The largest absolute Gasteiger partial charge is 0.378 e. The van der Waals surface area contributed by atoms with Crippen LogP contribution < -0.4 is 15.5 Å². The minimum atomic E-state index is -0.607. The van der Waals surface area contributed by atoms with E-state index in [4.69, 9.17) is 20.4 Å². The summed E-state index contributed by atoms with van der Waals surface area (Å²) in [5, 5.41) is 10.1. The standard InChI is InChI=1S/C16H21N7O2/c1-10(24)23-3-2-12-13(11-8-18-15(17)19-9-11)20-16(21-14(12)23)22-4-6-25-7-5-22/h8-10,24H,2-7H2,1H3,(H2,17,18,19). The van der Waals surface area contributed by atoms with E-state index in [1.165, 1.54) is 0 Å². The predicted octanol–water partition coefficient (Wildman–Crippen LogP) is 0.0532. The highest BCUT2D eigenvalue weighted by atomic mass is 16.5. The number of aliphatic hydroxyl groups excluding tert-OH is 1. The molecule has 1 fully saturated rings. The van der Waals surface area contributed by atoms with Crippen LogP contribution in [0.15, 0.2) is 12.4 Å². The molecule has 9 nitrogen and oxygen atoms in total. The lowest BCUT2D eigenvalue weighted by Crippen LogP contribution is -2.38. The Morgan fingerprint density at radius 1 is 1.16 bits per heavy atom. The average molecular weight is 343 g/mol. The van der Waals surface area contributed by atoms with Crippen LogP contribution in [-0.2, 0) is 11.2 Å². The summed E-state index contributed by atoms with van der Waals surface area (Å²) in [4.78, 5) is 21.7. The van der Waals surface area contributed by atoms with Gasteiger partial charge in [-0.1, -0.05) is 0 Å². The molecule has 2 aromatic rings. The van der Waals surface area contributed by atoms with Crippen molar-refractivity contribution in [1.82, 2.24) is 19.9 Å². The van der Waals surface area contributed by atoms with Gasteiger partial charge < -0.3 is 25.4 Å². The maximum absolute atomic E-state index is 10.1. The number of anilines is 3. The number of nitrogens with two attached hydrogens (primary N) is 1. The minimum Gasteiger partial charge on any atom is -0.378 e. The maximum Gasteiger partial charge on any atom is 0.228 e. The van der Waals surface area contributed by atoms with Crippen molar-refractivity contribution >= 4 is 17.7 Å². The van der Waals surface area contributed by atoms with Crippen molar-refractivity contribution in [2.45, 2.75) is 19.6 Å². The first-order valence-electron chi connectivity index (χ1n) is 8.39. The first-order chi connectivity index (χ1) is 12.1. The van der Waals surface area contributed by atoms with E-state index in [0.29, 0.717) is 25.7 Å². The summed E-state index contributed by atoms with van der Waals surface area (Å²) in [6.45, 7) is 5.24. The monoisotopic (exact) mass is 343 g/mol. The van der Waals surface area contributed by atoms with Gasteiger partial charge in [-0.05, 0) is 13.3 Å². The van der Waals surface area contributed by atoms with Crippen molar-refractivity contribution < 1.29 is 9.84 Å². The van der Waals surface area contributed by atoms with E-state index in [2.05, 4.69) is 14.9 Å². The Morgan fingerprint density at radius 2 is 1.88 bits per heavy atom. The van der Waals surface area contributed by atoms with Gasteiger partial charge in [0.25, 0.3) is 0 Å². The molecule has 2 aliphatic heterocycles. The van der Waals surface area contributed by atoms with Gasteiger partial charge in [-0.3, -0.25) is 0 Å². The number of fused-ring (bicyclic) bond motifs is 1. The van der Waals surface area contributed by atoms with E-state index in [1.54, 1.807) is 19.3 Å². The smallest absolute Gasteiger partial charge is 0.228 e. The Kier molecular flexibility index (Phi) is 4.10. The number of aliphatic hydroxyl groups is 1. The molecular weight excluding hydrogens is 322 g/mol. The quantitative estimate of drug-likeness (QED) is 0.798. The number of ether oxygens (including phenoxy) is 1. The van der Waals surface area contributed by atoms with Crippen LogP contribution in [0.4, 0.5) is 17.7 Å². The second-order valence-corrected chi connectivity index (χ2v) is 6.18. The molecule has 1 unspecified atom stereocenters. The number of nitrogens with zero attached hydrogens (tertiary/aromatic N) is 6. The van der Waals surface area contributed by atoms with Crippen LogP contribution in [0.2, 0.25) is 0 Å². The Labute approximate surface area is 145 Å². The number of nitrogen functional groups attached to an aromatic ring is 1. The molecule has 1 saturated heterocycles. The SMILES string of the molecule is CC(O)N1CCc2c(-c3cnc(N)nc3)nc(N3CCOCC3)nc21. The van der Waals surface area contributed by atoms with Crippen molar-refractivity contribution in [3.05, 3.63) is 18.0 Å². The third-order valence-corrected chi connectivity index (χ3v) is 4.54. The van der Waals surface area contributed by atoms with Crippen LogP contribution in [0.25, 0.3) is 11.3 Å². The molecule has 1 atom stereocenters. The molecule has 4 rings (SSSR count). The van der Waals surface area contributed by atoms with E-state index in [0.717, 1.165) is 42.1 Å². The Hall–Kier alpha value is -2.52. The lowest BCUT2D eigenvalue weighted by atomic mass is 10.1. The number of aromatic nitrogens is 4. The Balaban J connectivity index is 1.83. The zero-order chi connectivity index (χ0) is 17.4. The van der Waals surface area contributed by atoms with Crippen molar-refractivity contribution in [3.8, 4) is 11.3 Å². The number of rotatable bonds is 3. The van der Waals surface area contributed by atoms with Crippen molar-refractivity contribution in [3.63, 3.8) is 0 Å². The molecule has 9 heteroatoms. The third-order valence-electron chi connectivity index (χ3n) is 4.54. The summed E-state index contributed by atoms with van der Waals surface area (Å²) < 4.78 is 5.42. The summed E-state index contributed by atoms with van der Waals surface area (Å²) >= 11 is 0. The molecule has 2 aliphatic rings. The molecule has 0 aliphatic carbocycles. The van der Waals surface area contributed by atoms with Crippen molar-refractivity contribution in [1.29, 1.82) is 0 Å². The fraction of sp³-hybridized carbons (Fsp3) is 0.500. The van der Waals surface area contributed by atoms with Crippen LogP contribution >= 0.6 is 0 Å². The van der Waals surface area contributed by atoms with Crippen LogP contribution in [0.3, 0.4) is 0 Å². The molecule has 2 aromatic heterocycles. The van der Waals surface area contributed by atoms with Gasteiger partial charge in [0.2, 0.25) is 11.9 Å². The summed E-state index contributed by atoms with van der Waals surface area (Å²) in [7, 11) is 0. The van der Waals surface area contributed by atoms with E-state index in [-0.39, 0.29) is 5.95 Å². The number of morpholine rings is 1. The van der Waals surface area contributed by atoms with Gasteiger partial charge in [-0.2, -0.15) is 4.98 Å². The number of hydrogen-bond acceptors (Lipinski definition) is 9. The summed E-state index contributed by atoms with van der Waals surface area (Å²) in [5.74, 6) is 1.65. The third kappa shape index (κ3) is 2.96. The molecule has 0 spiro atoms. The molecule has 0 radical (unpaired) electrons. The Bertz CT molecular complexity index is 760. The van der Waals surface area contributed by atoms with Gasteiger partial charge in [0.15, 0.2) is 0 Å². The average Bonchev–Trinajstić information content (AvgIpc) is 3.07. The first-order valence-corrected chi connectivity index (χ1v) is 8.39. The number of hydrogen-bond donors (Lipinski definition) is 2. The molecule has 0 bridgehead atoms. The van der Waals surface area contributed by atoms with Gasteiger partial charge in [0, 0.05) is 43.2 Å². The second-order valence-electron chi connectivity index (χ2n) is 6.18. The summed E-state index contributed by atoms with van der Waals surface area (Å²) in [6, 6.07) is 0. The highest BCUT2D eigenvalue weighted by molar-refractivity contribution is 5.72. The molecule has 3 N–H and O–H groups in total. The first kappa shape index (κ1) is 16.0. The van der Waals surface area contributed by atoms with Gasteiger partial charge >= 0.3 is 0 Å². The molecule has 0 aromatic carbocycles. The lowest BCUT2D eigenvalue weighted by Gasteiger charge is -2.29. The molecular formula is C16H21N7O2. The van der Waals surface area contributed by atoms with Crippen molar-refractivity contribution in [2.24, 2.45) is 0 Å². The summed E-state index contributed by atoms with van der Waals surface area (Å²) in [5.41, 5.74) is 8.21. The minimum absolute atomic E-state index is 0.230. The summed E-state index contributed by atoms with van der Waals surface area (Å²) in [6.07, 6.45) is 3.52. The Morgan fingerprint density at radius 3 is 2.56 bits per heavy atom. The van der Waals surface area contributed by atoms with Gasteiger partial charge in [0.1, 0.15) is 12.0 Å². The van der Waals surface area contributed by atoms with Crippen LogP contribution in [0.1, 0.15) is 12.5 Å². The van der Waals surface area contributed by atoms with Crippen LogP contribution in [0.5, 0.6) is 0 Å². The van der Waals surface area contributed by atoms with Crippen molar-refractivity contribution in [2.75, 3.05) is 48.4 Å². The van der Waals surface area contributed by atoms with E-state index < -0.39 is 6.23 Å². The molecule has 0 amide bonds. The highest BCUT2D eigenvalue weighted by Crippen LogP contribution is 2.35. The fourth-order valence-electron chi connectivity index (χ4n) is 3.23. The lowest BCUT2D eigenvalue weighted by molar-refractivity contribution is 0.122. The molecule has 25 heavy (non-hydrogen) atoms. The van der Waals surface area contributed by atoms with Crippen LogP contribution in [-0.4, -0.2) is 64.1 Å². The molecule has 0 saturated carbocycles. The zero-order valence-electron chi connectivity index (χ0n) is 14.1. The van der Waals surface area contributed by atoms with Gasteiger partial charge in [-0.25, -0.2) is 15.0 Å². The van der Waals surface area contributed by atoms with E-state index in [1.807, 2.05) is 4.90 Å². The van der Waals surface area contributed by atoms with Gasteiger partial charge in [-0.15, -0.1) is 0 Å². The van der Waals surface area contributed by atoms with E-state index >= 15 is 0 Å².